The number of rotatable bonds is 3. The zero-order chi connectivity index (χ0) is 17.1. The molecule has 0 fully saturated rings. The summed E-state index contributed by atoms with van der Waals surface area (Å²) in [6.07, 6.45) is 1.55. The molecule has 0 N–H and O–H groups in total. The van der Waals surface area contributed by atoms with Crippen LogP contribution in [0.15, 0.2) is 53.3 Å². The molecule has 0 atom stereocenters. The van der Waals surface area contributed by atoms with Gasteiger partial charge in [0, 0.05) is 16.8 Å². The van der Waals surface area contributed by atoms with Gasteiger partial charge in [-0.1, -0.05) is 12.1 Å². The second kappa shape index (κ2) is 6.40. The Balaban J connectivity index is 2.07. The number of nitro groups is 1. The standard InChI is InChI=1S/C17H9N3O3S/c18-10-12(9-11-5-7-13(8-6-11)20(22)23)17-19-16(21)14-3-1-2-4-15(14)24-17/h1-9H/b12-9+. The molecule has 0 saturated heterocycles. The number of benzene rings is 2. The highest BCUT2D eigenvalue weighted by Crippen LogP contribution is 2.24. The Bertz CT molecular complexity index is 1060. The smallest absolute Gasteiger partial charge is 0.267 e. The highest BCUT2D eigenvalue weighted by molar-refractivity contribution is 7.19. The average Bonchev–Trinajstić information content (AvgIpc) is 2.60. The second-order valence-corrected chi connectivity index (χ2v) is 5.87. The Morgan fingerprint density at radius 1 is 1.21 bits per heavy atom. The third kappa shape index (κ3) is 3.04. The predicted octanol–water partition coefficient (Wildman–Crippen LogP) is 3.63. The van der Waals surface area contributed by atoms with Crippen molar-refractivity contribution in [1.82, 2.24) is 4.98 Å². The summed E-state index contributed by atoms with van der Waals surface area (Å²) in [6.45, 7) is 0. The lowest BCUT2D eigenvalue weighted by Crippen LogP contribution is -2.07. The third-order valence-corrected chi connectivity index (χ3v) is 4.37. The maximum Gasteiger partial charge on any atom is 0.279 e. The fourth-order valence-corrected chi connectivity index (χ4v) is 3.09. The molecule has 0 radical (unpaired) electrons. The number of non-ortho nitro benzene ring substituents is 1. The molecule has 7 heteroatoms. The Hall–Kier alpha value is -3.37. The van der Waals surface area contributed by atoms with E-state index in [9.17, 15) is 20.2 Å². The molecule has 1 aromatic heterocycles. The number of aromatic nitrogens is 1. The van der Waals surface area contributed by atoms with Gasteiger partial charge in [-0.3, -0.25) is 14.9 Å². The molecule has 0 unspecified atom stereocenters. The van der Waals surface area contributed by atoms with Gasteiger partial charge in [-0.15, -0.1) is 11.3 Å². The molecule has 0 aliphatic carbocycles. The molecule has 116 valence electrons. The predicted molar refractivity (Wildman–Crippen MR) is 92.5 cm³/mol. The summed E-state index contributed by atoms with van der Waals surface area (Å²) in [5, 5.41) is 20.9. The van der Waals surface area contributed by atoms with Crippen LogP contribution in [0.25, 0.3) is 21.7 Å². The SMILES string of the molecule is N#C/C(=C\c1ccc([N+](=O)[O-])cc1)c1nc(=O)c2ccccc2s1. The Morgan fingerprint density at radius 2 is 1.92 bits per heavy atom. The minimum Gasteiger partial charge on any atom is -0.267 e. The average molecular weight is 335 g/mol. The van der Waals surface area contributed by atoms with Crippen molar-refractivity contribution in [2.24, 2.45) is 0 Å². The highest BCUT2D eigenvalue weighted by Gasteiger charge is 2.09. The summed E-state index contributed by atoms with van der Waals surface area (Å²) in [6, 6.07) is 14.9. The summed E-state index contributed by atoms with van der Waals surface area (Å²) in [4.78, 5) is 26.2. The largest absolute Gasteiger partial charge is 0.279 e. The van der Waals surface area contributed by atoms with E-state index in [0.717, 1.165) is 4.70 Å². The number of fused-ring (bicyclic) bond motifs is 1. The number of allylic oxidation sites excluding steroid dienone is 1. The molecule has 2 aromatic carbocycles. The normalized spacial score (nSPS) is 11.2. The minimum atomic E-state index is -0.491. The van der Waals surface area contributed by atoms with Crippen LogP contribution in [0, 0.1) is 21.4 Å². The van der Waals surface area contributed by atoms with E-state index in [2.05, 4.69) is 4.98 Å². The van der Waals surface area contributed by atoms with E-state index in [0.29, 0.717) is 16.0 Å². The molecule has 0 aliphatic heterocycles. The van der Waals surface area contributed by atoms with Crippen LogP contribution in [0.3, 0.4) is 0 Å². The van der Waals surface area contributed by atoms with E-state index in [4.69, 9.17) is 0 Å². The number of hydrogen-bond acceptors (Lipinski definition) is 6. The Labute approximate surface area is 140 Å². The monoisotopic (exact) mass is 335 g/mol. The molecule has 1 heterocycles. The number of nitriles is 1. The van der Waals surface area contributed by atoms with Crippen molar-refractivity contribution in [2.45, 2.75) is 0 Å². The summed E-state index contributed by atoms with van der Waals surface area (Å²) < 4.78 is 0.748. The van der Waals surface area contributed by atoms with E-state index >= 15 is 0 Å². The van der Waals surface area contributed by atoms with E-state index < -0.39 is 4.92 Å². The van der Waals surface area contributed by atoms with Gasteiger partial charge in [0.05, 0.1) is 15.9 Å². The zero-order valence-corrected chi connectivity index (χ0v) is 13.0. The van der Waals surface area contributed by atoms with Crippen LogP contribution in [0.4, 0.5) is 5.69 Å². The van der Waals surface area contributed by atoms with Crippen molar-refractivity contribution >= 4 is 38.8 Å². The van der Waals surface area contributed by atoms with Crippen LogP contribution in [-0.4, -0.2) is 9.91 Å². The molecule has 3 aromatic rings. The van der Waals surface area contributed by atoms with Gasteiger partial charge in [-0.2, -0.15) is 10.2 Å². The lowest BCUT2D eigenvalue weighted by Gasteiger charge is -2.00. The van der Waals surface area contributed by atoms with Crippen molar-refractivity contribution < 1.29 is 4.92 Å². The molecule has 0 spiro atoms. The van der Waals surface area contributed by atoms with Crippen molar-refractivity contribution in [3.05, 3.63) is 79.6 Å². The third-order valence-electron chi connectivity index (χ3n) is 3.29. The highest BCUT2D eigenvalue weighted by atomic mass is 32.1. The van der Waals surface area contributed by atoms with Gasteiger partial charge in [0.25, 0.3) is 11.2 Å². The number of hydrogen-bond donors (Lipinski definition) is 0. The van der Waals surface area contributed by atoms with Crippen LogP contribution in [0.5, 0.6) is 0 Å². The van der Waals surface area contributed by atoms with Gasteiger partial charge >= 0.3 is 0 Å². The topological polar surface area (TPSA) is 96.9 Å². The molecule has 0 saturated carbocycles. The quantitative estimate of drug-likeness (QED) is 0.413. The summed E-state index contributed by atoms with van der Waals surface area (Å²) in [5.41, 5.74) is 0.437. The van der Waals surface area contributed by atoms with E-state index in [1.54, 1.807) is 36.4 Å². The van der Waals surface area contributed by atoms with Crippen LogP contribution >= 0.6 is 11.3 Å². The van der Waals surface area contributed by atoms with Crippen molar-refractivity contribution in [3.8, 4) is 6.07 Å². The zero-order valence-electron chi connectivity index (χ0n) is 12.2. The lowest BCUT2D eigenvalue weighted by atomic mass is 10.1. The molecule has 3 rings (SSSR count). The van der Waals surface area contributed by atoms with Crippen LogP contribution < -0.4 is 5.56 Å². The fourth-order valence-electron chi connectivity index (χ4n) is 2.13. The Morgan fingerprint density at radius 3 is 2.58 bits per heavy atom. The first-order valence-corrected chi connectivity index (χ1v) is 7.66. The van der Waals surface area contributed by atoms with Crippen molar-refractivity contribution in [1.29, 1.82) is 5.26 Å². The van der Waals surface area contributed by atoms with Gasteiger partial charge in [-0.05, 0) is 35.9 Å². The molecule has 24 heavy (non-hydrogen) atoms. The van der Waals surface area contributed by atoms with E-state index in [1.165, 1.54) is 23.5 Å². The van der Waals surface area contributed by atoms with Gasteiger partial charge in [0.15, 0.2) is 0 Å². The molecular formula is C17H9N3O3S. The molecule has 0 aliphatic rings. The summed E-state index contributed by atoms with van der Waals surface area (Å²) in [5.74, 6) is 0. The van der Waals surface area contributed by atoms with E-state index in [-0.39, 0.29) is 16.8 Å². The molecular weight excluding hydrogens is 326 g/mol. The molecule has 6 nitrogen and oxygen atoms in total. The molecule has 0 bridgehead atoms. The van der Waals surface area contributed by atoms with Crippen molar-refractivity contribution in [3.63, 3.8) is 0 Å². The lowest BCUT2D eigenvalue weighted by molar-refractivity contribution is -0.384. The van der Waals surface area contributed by atoms with Gasteiger partial charge in [-0.25, -0.2) is 0 Å². The summed E-state index contributed by atoms with van der Waals surface area (Å²) >= 11 is 1.25. The van der Waals surface area contributed by atoms with Gasteiger partial charge in [0.1, 0.15) is 11.1 Å². The molecule has 0 amide bonds. The van der Waals surface area contributed by atoms with Crippen molar-refractivity contribution in [2.75, 3.05) is 0 Å². The fraction of sp³-hybridized carbons (Fsp3) is 0. The minimum absolute atomic E-state index is 0.0286. The van der Waals surface area contributed by atoms with Crippen LogP contribution in [0.2, 0.25) is 0 Å². The van der Waals surface area contributed by atoms with Gasteiger partial charge < -0.3 is 0 Å². The maximum atomic E-state index is 12.1. The first-order valence-electron chi connectivity index (χ1n) is 6.85. The van der Waals surface area contributed by atoms with Gasteiger partial charge in [0.2, 0.25) is 0 Å². The first kappa shape index (κ1) is 15.5. The Kier molecular flexibility index (Phi) is 4.14. The number of nitro benzene ring substituents is 1. The number of nitrogens with zero attached hydrogens (tertiary/aromatic N) is 3. The first-order chi connectivity index (χ1) is 11.6. The summed E-state index contributed by atoms with van der Waals surface area (Å²) in [7, 11) is 0. The maximum absolute atomic E-state index is 12.1. The van der Waals surface area contributed by atoms with Crippen LogP contribution in [0.1, 0.15) is 10.6 Å². The van der Waals surface area contributed by atoms with Crippen LogP contribution in [-0.2, 0) is 0 Å². The second-order valence-electron chi connectivity index (χ2n) is 4.84. The van der Waals surface area contributed by atoms with E-state index in [1.807, 2.05) is 12.1 Å².